The SMILES string of the molecule is C.CC(=O)N(O)c1ccc(C(=O)N(C)C)cc1.CN(C)C(=O)c1ccc(NO)cc1. The average molecular weight is 418 g/mol. The highest BCUT2D eigenvalue weighted by atomic mass is 16.5. The van der Waals surface area contributed by atoms with Crippen LogP contribution in [-0.2, 0) is 4.79 Å². The normalized spacial score (nSPS) is 9.30. The maximum absolute atomic E-state index is 11.5. The van der Waals surface area contributed by atoms with Crippen molar-refractivity contribution in [2.45, 2.75) is 14.4 Å². The van der Waals surface area contributed by atoms with Crippen molar-refractivity contribution in [3.05, 3.63) is 59.7 Å². The van der Waals surface area contributed by atoms with Gasteiger partial charge in [0.15, 0.2) is 0 Å². The second-order valence-electron chi connectivity index (χ2n) is 6.47. The number of hydrogen-bond donors (Lipinski definition) is 3. The molecule has 0 heterocycles. The minimum absolute atomic E-state index is 0. The molecule has 0 atom stereocenters. The van der Waals surface area contributed by atoms with E-state index in [1.54, 1.807) is 64.6 Å². The first-order valence-corrected chi connectivity index (χ1v) is 8.61. The van der Waals surface area contributed by atoms with Crippen LogP contribution in [0.25, 0.3) is 0 Å². The van der Waals surface area contributed by atoms with E-state index in [9.17, 15) is 19.6 Å². The maximum atomic E-state index is 11.5. The van der Waals surface area contributed by atoms with Crippen LogP contribution in [0.4, 0.5) is 11.4 Å². The first-order chi connectivity index (χ1) is 13.6. The molecule has 9 heteroatoms. The van der Waals surface area contributed by atoms with E-state index in [0.29, 0.717) is 27.6 Å². The molecule has 0 spiro atoms. The number of hydrogen-bond acceptors (Lipinski definition) is 6. The number of rotatable bonds is 4. The molecule has 2 aromatic carbocycles. The highest BCUT2D eigenvalue weighted by Crippen LogP contribution is 2.14. The van der Waals surface area contributed by atoms with Crippen LogP contribution >= 0.6 is 0 Å². The summed E-state index contributed by atoms with van der Waals surface area (Å²) in [6.07, 6.45) is 0. The number of hydroxylamine groups is 1. The lowest BCUT2D eigenvalue weighted by Crippen LogP contribution is -2.24. The summed E-state index contributed by atoms with van der Waals surface area (Å²) in [7, 11) is 6.70. The van der Waals surface area contributed by atoms with E-state index in [1.165, 1.54) is 28.9 Å². The van der Waals surface area contributed by atoms with Gasteiger partial charge in [0, 0.05) is 46.2 Å². The standard InChI is InChI=1S/C11H14N2O3.C9H12N2O2.CH4/c1-8(14)13(16)10-6-4-9(5-7-10)11(15)12(2)3;1-11(2)9(12)7-3-5-8(10-13)6-4-7;/h4-7,16H,1-3H3;3-6,10,13H,1-2H3;1H4. The number of anilines is 2. The van der Waals surface area contributed by atoms with Crippen LogP contribution in [0.5, 0.6) is 0 Å². The second-order valence-corrected chi connectivity index (χ2v) is 6.47. The average Bonchev–Trinajstić information content (AvgIpc) is 2.72. The van der Waals surface area contributed by atoms with Crippen molar-refractivity contribution in [3.63, 3.8) is 0 Å². The van der Waals surface area contributed by atoms with Gasteiger partial charge in [0.2, 0.25) is 5.91 Å². The van der Waals surface area contributed by atoms with Crippen LogP contribution in [0.1, 0.15) is 35.1 Å². The predicted octanol–water partition coefficient (Wildman–Crippen LogP) is 2.96. The second kappa shape index (κ2) is 12.2. The summed E-state index contributed by atoms with van der Waals surface area (Å²) in [5.74, 6) is -0.657. The molecule has 3 amide bonds. The number of carbonyl (C=O) groups excluding carboxylic acids is 3. The van der Waals surface area contributed by atoms with Crippen molar-refractivity contribution >= 4 is 29.1 Å². The van der Waals surface area contributed by atoms with Gasteiger partial charge in [-0.05, 0) is 48.5 Å². The molecule has 0 radical (unpaired) electrons. The fraction of sp³-hybridized carbons (Fsp3) is 0.286. The molecular weight excluding hydrogens is 388 g/mol. The summed E-state index contributed by atoms with van der Waals surface area (Å²) in [5, 5.41) is 18.4. The van der Waals surface area contributed by atoms with Gasteiger partial charge in [0.1, 0.15) is 0 Å². The largest absolute Gasteiger partial charge is 0.345 e. The van der Waals surface area contributed by atoms with E-state index in [0.717, 1.165) is 0 Å². The molecule has 0 aromatic heterocycles. The third-order valence-electron chi connectivity index (χ3n) is 3.73. The zero-order chi connectivity index (χ0) is 22.1. The van der Waals surface area contributed by atoms with Gasteiger partial charge in [-0.1, -0.05) is 7.43 Å². The molecule has 0 saturated heterocycles. The Morgan fingerprint density at radius 2 is 1.13 bits per heavy atom. The number of amides is 3. The van der Waals surface area contributed by atoms with Gasteiger partial charge in [0.25, 0.3) is 11.8 Å². The molecule has 0 saturated carbocycles. The molecule has 0 aliphatic carbocycles. The van der Waals surface area contributed by atoms with Crippen LogP contribution in [0.15, 0.2) is 48.5 Å². The van der Waals surface area contributed by atoms with E-state index >= 15 is 0 Å². The summed E-state index contributed by atoms with van der Waals surface area (Å²) in [4.78, 5) is 36.8. The molecule has 2 rings (SSSR count). The Morgan fingerprint density at radius 3 is 1.43 bits per heavy atom. The van der Waals surface area contributed by atoms with Gasteiger partial charge in [-0.25, -0.2) is 0 Å². The molecule has 9 nitrogen and oxygen atoms in total. The fourth-order valence-electron chi connectivity index (χ4n) is 2.13. The molecule has 3 N–H and O–H groups in total. The van der Waals surface area contributed by atoms with Crippen LogP contribution < -0.4 is 10.5 Å². The van der Waals surface area contributed by atoms with Gasteiger partial charge in [0.05, 0.1) is 11.4 Å². The van der Waals surface area contributed by atoms with Gasteiger partial charge in [-0.15, -0.1) is 0 Å². The zero-order valence-corrected chi connectivity index (χ0v) is 17.1. The molecule has 164 valence electrons. The summed E-state index contributed by atoms with van der Waals surface area (Å²) >= 11 is 0. The van der Waals surface area contributed by atoms with Crippen LogP contribution in [-0.4, -0.2) is 66.1 Å². The zero-order valence-electron chi connectivity index (χ0n) is 17.1. The van der Waals surface area contributed by atoms with Crippen LogP contribution in [0.3, 0.4) is 0 Å². The van der Waals surface area contributed by atoms with E-state index in [2.05, 4.69) is 0 Å². The summed E-state index contributed by atoms with van der Waals surface area (Å²) in [5.41, 5.74) is 4.00. The summed E-state index contributed by atoms with van der Waals surface area (Å²) in [6.45, 7) is 1.25. The molecule has 0 aliphatic rings. The van der Waals surface area contributed by atoms with Crippen LogP contribution in [0.2, 0.25) is 0 Å². The lowest BCUT2D eigenvalue weighted by molar-refractivity contribution is -0.121. The Labute approximate surface area is 177 Å². The Hall–Kier alpha value is -3.43. The highest BCUT2D eigenvalue weighted by molar-refractivity contribution is 5.95. The van der Waals surface area contributed by atoms with Crippen molar-refractivity contribution in [2.24, 2.45) is 0 Å². The first kappa shape index (κ1) is 26.6. The lowest BCUT2D eigenvalue weighted by Gasteiger charge is -2.14. The number of nitrogens with zero attached hydrogens (tertiary/aromatic N) is 3. The molecular formula is C21H30N4O5. The Balaban J connectivity index is 0.000000553. The number of benzene rings is 2. The number of carbonyl (C=O) groups is 3. The van der Waals surface area contributed by atoms with Gasteiger partial charge >= 0.3 is 0 Å². The summed E-state index contributed by atoms with van der Waals surface area (Å²) < 4.78 is 0. The third kappa shape index (κ3) is 7.53. The summed E-state index contributed by atoms with van der Waals surface area (Å²) in [6, 6.07) is 12.7. The van der Waals surface area contributed by atoms with E-state index in [4.69, 9.17) is 5.21 Å². The Kier molecular flexibility index (Phi) is 10.8. The molecule has 0 fully saturated rings. The fourth-order valence-corrected chi connectivity index (χ4v) is 2.13. The Bertz CT molecular complexity index is 833. The molecule has 2 aromatic rings. The monoisotopic (exact) mass is 418 g/mol. The minimum Gasteiger partial charge on any atom is -0.345 e. The van der Waals surface area contributed by atoms with E-state index in [1.807, 2.05) is 5.48 Å². The van der Waals surface area contributed by atoms with E-state index < -0.39 is 5.91 Å². The number of nitrogens with one attached hydrogen (secondary N) is 1. The smallest absolute Gasteiger partial charge is 0.253 e. The maximum Gasteiger partial charge on any atom is 0.253 e. The van der Waals surface area contributed by atoms with Crippen molar-refractivity contribution in [3.8, 4) is 0 Å². The predicted molar refractivity (Wildman–Crippen MR) is 116 cm³/mol. The van der Waals surface area contributed by atoms with Crippen LogP contribution in [0, 0.1) is 0 Å². The van der Waals surface area contributed by atoms with Gasteiger partial charge in [-0.3, -0.25) is 30.3 Å². The topological polar surface area (TPSA) is 113 Å². The van der Waals surface area contributed by atoms with Gasteiger partial charge in [-0.2, -0.15) is 5.06 Å². The molecule has 0 bridgehead atoms. The van der Waals surface area contributed by atoms with Gasteiger partial charge < -0.3 is 9.80 Å². The lowest BCUT2D eigenvalue weighted by atomic mass is 10.2. The van der Waals surface area contributed by atoms with Crippen molar-refractivity contribution in [1.29, 1.82) is 0 Å². The molecule has 30 heavy (non-hydrogen) atoms. The van der Waals surface area contributed by atoms with Crippen molar-refractivity contribution in [1.82, 2.24) is 9.80 Å². The van der Waals surface area contributed by atoms with E-state index in [-0.39, 0.29) is 19.2 Å². The molecule has 0 unspecified atom stereocenters. The van der Waals surface area contributed by atoms with Crippen molar-refractivity contribution < 1.29 is 24.8 Å². The quantitative estimate of drug-likeness (QED) is 0.520. The Morgan fingerprint density at radius 1 is 0.767 bits per heavy atom. The highest BCUT2D eigenvalue weighted by Gasteiger charge is 2.11. The minimum atomic E-state index is -0.480. The third-order valence-corrected chi connectivity index (χ3v) is 3.73. The molecule has 0 aliphatic heterocycles. The van der Waals surface area contributed by atoms with Crippen molar-refractivity contribution in [2.75, 3.05) is 38.7 Å². The first-order valence-electron chi connectivity index (χ1n) is 8.61.